The van der Waals surface area contributed by atoms with Crippen molar-refractivity contribution in [2.45, 2.75) is 13.0 Å². The topological polar surface area (TPSA) is 51.2 Å². The summed E-state index contributed by atoms with van der Waals surface area (Å²) in [6.45, 7) is 1.95. The van der Waals surface area contributed by atoms with Crippen molar-refractivity contribution in [3.05, 3.63) is 95.0 Å². The van der Waals surface area contributed by atoms with Gasteiger partial charge in [0, 0.05) is 16.0 Å². The highest BCUT2D eigenvalue weighted by molar-refractivity contribution is 6.30. The molecule has 1 aromatic heterocycles. The first kappa shape index (κ1) is 19.9. The summed E-state index contributed by atoms with van der Waals surface area (Å²) in [4.78, 5) is 18.0. The first-order chi connectivity index (χ1) is 14.5. The van der Waals surface area contributed by atoms with Gasteiger partial charge in [-0.25, -0.2) is 4.98 Å². The third kappa shape index (κ3) is 4.14. The number of benzene rings is 3. The molecule has 4 nitrogen and oxygen atoms in total. The number of rotatable bonds is 5. The highest BCUT2D eigenvalue weighted by Gasteiger charge is 2.16. The van der Waals surface area contributed by atoms with E-state index in [1.165, 1.54) is 0 Å². The van der Waals surface area contributed by atoms with Crippen LogP contribution in [-0.2, 0) is 0 Å². The lowest BCUT2D eigenvalue weighted by atomic mass is 10.0. The number of hydrogen-bond acceptors (Lipinski definition) is 3. The number of ether oxygens (including phenoxy) is 1. The zero-order chi connectivity index (χ0) is 21.1. The normalized spacial score (nSPS) is 11.8. The fraction of sp³-hybridized carbons (Fsp3) is 0.120. The molecule has 3 aromatic carbocycles. The van der Waals surface area contributed by atoms with Gasteiger partial charge in [0.15, 0.2) is 0 Å². The van der Waals surface area contributed by atoms with E-state index >= 15 is 0 Å². The SMILES string of the molecule is COc1ccc(-c2cc(C(=O)N[C@H](C)c3ccc(Cl)cc3)c3ccccc3n2)cc1. The molecule has 150 valence electrons. The molecule has 4 aromatic rings. The molecule has 1 N–H and O–H groups in total. The average Bonchev–Trinajstić information content (AvgIpc) is 2.78. The fourth-order valence-electron chi connectivity index (χ4n) is 3.38. The Kier molecular flexibility index (Phi) is 5.68. The van der Waals surface area contributed by atoms with Crippen molar-refractivity contribution in [3.8, 4) is 17.0 Å². The number of hydrogen-bond donors (Lipinski definition) is 1. The van der Waals surface area contributed by atoms with E-state index in [-0.39, 0.29) is 11.9 Å². The summed E-state index contributed by atoms with van der Waals surface area (Å²) < 4.78 is 5.24. The molecule has 0 aliphatic heterocycles. The third-order valence-electron chi connectivity index (χ3n) is 5.06. The fourth-order valence-corrected chi connectivity index (χ4v) is 3.51. The molecule has 1 heterocycles. The number of methoxy groups -OCH3 is 1. The van der Waals surface area contributed by atoms with Crippen LogP contribution in [0.15, 0.2) is 78.9 Å². The van der Waals surface area contributed by atoms with Gasteiger partial charge in [0.25, 0.3) is 5.91 Å². The molecule has 4 rings (SSSR count). The minimum absolute atomic E-state index is 0.147. The molecule has 0 fully saturated rings. The molecule has 5 heteroatoms. The molecule has 0 bridgehead atoms. The van der Waals surface area contributed by atoms with E-state index in [2.05, 4.69) is 5.32 Å². The van der Waals surface area contributed by atoms with Gasteiger partial charge in [-0.1, -0.05) is 41.9 Å². The molecular formula is C25H21ClN2O2. The number of fused-ring (bicyclic) bond motifs is 1. The van der Waals surface area contributed by atoms with Crippen LogP contribution in [0.3, 0.4) is 0 Å². The summed E-state index contributed by atoms with van der Waals surface area (Å²) >= 11 is 5.98. The second kappa shape index (κ2) is 8.56. The second-order valence-corrected chi connectivity index (χ2v) is 7.48. The predicted molar refractivity (Wildman–Crippen MR) is 121 cm³/mol. The van der Waals surface area contributed by atoms with E-state index in [0.29, 0.717) is 10.6 Å². The van der Waals surface area contributed by atoms with Crippen LogP contribution >= 0.6 is 11.6 Å². The molecule has 0 saturated heterocycles. The zero-order valence-corrected chi connectivity index (χ0v) is 17.5. The summed E-state index contributed by atoms with van der Waals surface area (Å²) in [7, 11) is 1.63. The molecule has 30 heavy (non-hydrogen) atoms. The number of carbonyl (C=O) groups is 1. The standard InChI is InChI=1S/C25H21ClN2O2/c1-16(17-7-11-19(26)12-8-17)27-25(29)22-15-24(18-9-13-20(30-2)14-10-18)28-23-6-4-3-5-21(22)23/h3-16H,1-2H3,(H,27,29)/t16-/m1/s1. The average molecular weight is 417 g/mol. The van der Waals surface area contributed by atoms with E-state index < -0.39 is 0 Å². The van der Waals surface area contributed by atoms with E-state index in [4.69, 9.17) is 21.3 Å². The highest BCUT2D eigenvalue weighted by atomic mass is 35.5. The van der Waals surface area contributed by atoms with Crippen molar-refractivity contribution in [2.24, 2.45) is 0 Å². The van der Waals surface area contributed by atoms with Crippen molar-refractivity contribution in [2.75, 3.05) is 7.11 Å². The lowest BCUT2D eigenvalue weighted by Gasteiger charge is -2.16. The van der Waals surface area contributed by atoms with Crippen molar-refractivity contribution in [1.82, 2.24) is 10.3 Å². The summed E-state index contributed by atoms with van der Waals surface area (Å²) in [6, 6.07) is 24.5. The Balaban J connectivity index is 1.71. The van der Waals surface area contributed by atoms with Crippen LogP contribution < -0.4 is 10.1 Å². The van der Waals surface area contributed by atoms with Crippen LogP contribution in [0, 0.1) is 0 Å². The number of carbonyl (C=O) groups excluding carboxylic acids is 1. The number of amides is 1. The van der Waals surface area contributed by atoms with E-state index in [0.717, 1.165) is 33.5 Å². The minimum Gasteiger partial charge on any atom is -0.497 e. The van der Waals surface area contributed by atoms with Crippen molar-refractivity contribution in [3.63, 3.8) is 0 Å². The largest absolute Gasteiger partial charge is 0.497 e. The molecule has 1 atom stereocenters. The number of nitrogens with zero attached hydrogens (tertiary/aromatic N) is 1. The quantitative estimate of drug-likeness (QED) is 0.430. The van der Waals surface area contributed by atoms with Gasteiger partial charge in [0.05, 0.1) is 29.9 Å². The molecule has 0 spiro atoms. The molecular weight excluding hydrogens is 396 g/mol. The van der Waals surface area contributed by atoms with Gasteiger partial charge in [-0.05, 0) is 61.0 Å². The lowest BCUT2D eigenvalue weighted by molar-refractivity contribution is 0.0941. The number of halogens is 1. The van der Waals surface area contributed by atoms with Crippen molar-refractivity contribution < 1.29 is 9.53 Å². The Bertz CT molecular complexity index is 1190. The maximum atomic E-state index is 13.2. The maximum Gasteiger partial charge on any atom is 0.252 e. The Morgan fingerprint density at radius 3 is 2.40 bits per heavy atom. The monoisotopic (exact) mass is 416 g/mol. The van der Waals surface area contributed by atoms with Gasteiger partial charge in [0.2, 0.25) is 0 Å². The van der Waals surface area contributed by atoms with Crippen LogP contribution in [0.25, 0.3) is 22.2 Å². The summed E-state index contributed by atoms with van der Waals surface area (Å²) in [6.07, 6.45) is 0. The number of aromatic nitrogens is 1. The minimum atomic E-state index is -0.161. The highest BCUT2D eigenvalue weighted by Crippen LogP contribution is 2.27. The lowest BCUT2D eigenvalue weighted by Crippen LogP contribution is -2.27. The van der Waals surface area contributed by atoms with Crippen LogP contribution in [0.1, 0.15) is 28.9 Å². The van der Waals surface area contributed by atoms with Crippen molar-refractivity contribution >= 4 is 28.4 Å². The molecule has 1 amide bonds. The zero-order valence-electron chi connectivity index (χ0n) is 16.7. The van der Waals surface area contributed by atoms with Crippen LogP contribution in [-0.4, -0.2) is 18.0 Å². The van der Waals surface area contributed by atoms with Gasteiger partial charge in [0.1, 0.15) is 5.75 Å². The molecule has 0 saturated carbocycles. The second-order valence-electron chi connectivity index (χ2n) is 7.05. The molecule has 0 aliphatic rings. The molecule has 0 radical (unpaired) electrons. The van der Waals surface area contributed by atoms with Crippen LogP contribution in [0.2, 0.25) is 5.02 Å². The Labute approximate surface area is 180 Å². The maximum absolute atomic E-state index is 13.2. The Hall–Kier alpha value is -3.37. The van der Waals surface area contributed by atoms with Gasteiger partial charge >= 0.3 is 0 Å². The summed E-state index contributed by atoms with van der Waals surface area (Å²) in [5, 5.41) is 4.57. The smallest absolute Gasteiger partial charge is 0.252 e. The summed E-state index contributed by atoms with van der Waals surface area (Å²) in [5.74, 6) is 0.625. The Morgan fingerprint density at radius 1 is 1.00 bits per heavy atom. The van der Waals surface area contributed by atoms with E-state index in [9.17, 15) is 4.79 Å². The Morgan fingerprint density at radius 2 is 1.70 bits per heavy atom. The van der Waals surface area contributed by atoms with Crippen LogP contribution in [0.4, 0.5) is 0 Å². The van der Waals surface area contributed by atoms with Gasteiger partial charge in [-0.3, -0.25) is 4.79 Å². The third-order valence-corrected chi connectivity index (χ3v) is 5.32. The van der Waals surface area contributed by atoms with Gasteiger partial charge < -0.3 is 10.1 Å². The predicted octanol–water partition coefficient (Wildman–Crippen LogP) is 6.05. The van der Waals surface area contributed by atoms with E-state index in [1.54, 1.807) is 7.11 Å². The van der Waals surface area contributed by atoms with Crippen LogP contribution in [0.5, 0.6) is 5.75 Å². The van der Waals surface area contributed by atoms with Gasteiger partial charge in [-0.15, -0.1) is 0 Å². The van der Waals surface area contributed by atoms with Crippen molar-refractivity contribution in [1.29, 1.82) is 0 Å². The number of nitrogens with one attached hydrogen (secondary N) is 1. The number of pyridine rings is 1. The molecule has 0 unspecified atom stereocenters. The molecule has 0 aliphatic carbocycles. The first-order valence-electron chi connectivity index (χ1n) is 9.65. The van der Waals surface area contributed by atoms with E-state index in [1.807, 2.05) is 85.8 Å². The summed E-state index contributed by atoms with van der Waals surface area (Å²) in [5.41, 5.74) is 4.01. The number of para-hydroxylation sites is 1. The van der Waals surface area contributed by atoms with Gasteiger partial charge in [-0.2, -0.15) is 0 Å². The first-order valence-corrected chi connectivity index (χ1v) is 10.0.